The van der Waals surface area contributed by atoms with Gasteiger partial charge in [-0.25, -0.2) is 4.98 Å². The second-order valence-corrected chi connectivity index (χ2v) is 7.98. The van der Waals surface area contributed by atoms with E-state index in [2.05, 4.69) is 87.0 Å². The number of anilines is 1. The molecule has 0 bridgehead atoms. The first kappa shape index (κ1) is 16.4. The molecule has 1 aliphatic rings. The number of hydrogen-bond acceptors (Lipinski definition) is 4. The lowest BCUT2D eigenvalue weighted by Crippen LogP contribution is -2.02. The van der Waals surface area contributed by atoms with Crippen LogP contribution in [0.5, 0.6) is 0 Å². The van der Waals surface area contributed by atoms with Gasteiger partial charge < -0.3 is 0 Å². The van der Waals surface area contributed by atoms with E-state index in [-0.39, 0.29) is 0 Å². The molecule has 3 nitrogen and oxygen atoms in total. The fourth-order valence-corrected chi connectivity index (χ4v) is 4.22. The highest BCUT2D eigenvalue weighted by Crippen LogP contribution is 2.36. The van der Waals surface area contributed by atoms with E-state index in [1.54, 1.807) is 11.3 Å². The van der Waals surface area contributed by atoms with Gasteiger partial charge in [0.1, 0.15) is 0 Å². The predicted molar refractivity (Wildman–Crippen MR) is 116 cm³/mol. The van der Waals surface area contributed by atoms with Crippen molar-refractivity contribution in [1.29, 1.82) is 0 Å². The molecule has 1 aliphatic carbocycles. The molecule has 130 valence electrons. The van der Waals surface area contributed by atoms with Gasteiger partial charge in [-0.05, 0) is 23.3 Å². The molecule has 5 rings (SSSR count). The number of thiazole rings is 1. The molecule has 0 saturated heterocycles. The van der Waals surface area contributed by atoms with Gasteiger partial charge in [0.15, 0.2) is 0 Å². The molecular weight excluding hydrogens is 418 g/mol. The number of hydrazone groups is 1. The lowest BCUT2D eigenvalue weighted by atomic mass is 10.1. The van der Waals surface area contributed by atoms with Crippen molar-refractivity contribution >= 4 is 38.1 Å². The maximum atomic E-state index is 4.70. The number of benzene rings is 3. The van der Waals surface area contributed by atoms with E-state index in [0.29, 0.717) is 0 Å². The summed E-state index contributed by atoms with van der Waals surface area (Å²) < 4.78 is 1.06. The highest BCUT2D eigenvalue weighted by Gasteiger charge is 2.24. The summed E-state index contributed by atoms with van der Waals surface area (Å²) in [7, 11) is 0. The van der Waals surface area contributed by atoms with E-state index in [1.165, 1.54) is 11.1 Å². The average Bonchev–Trinajstić information content (AvgIpc) is 3.30. The van der Waals surface area contributed by atoms with E-state index < -0.39 is 0 Å². The molecule has 3 aromatic carbocycles. The number of hydrogen-bond donors (Lipinski definition) is 1. The van der Waals surface area contributed by atoms with Gasteiger partial charge in [0, 0.05) is 26.5 Å². The second-order valence-electron chi connectivity index (χ2n) is 6.21. The van der Waals surface area contributed by atoms with Crippen LogP contribution in [0, 0.1) is 0 Å². The van der Waals surface area contributed by atoms with E-state index in [1.807, 2.05) is 17.5 Å². The molecule has 4 aromatic rings. The van der Waals surface area contributed by atoms with Gasteiger partial charge in [-0.3, -0.25) is 5.43 Å². The first-order valence-corrected chi connectivity index (χ1v) is 10.2. The standard InChI is InChI=1S/C22H14BrN3S/c23-15-11-9-14(10-12-15)20-13-27-22(24-20)26-25-21-18-7-3-1-5-16(18)17-6-2-4-8-19(17)21/h1-13H,(H,24,26). The van der Waals surface area contributed by atoms with E-state index >= 15 is 0 Å². The molecule has 0 spiro atoms. The van der Waals surface area contributed by atoms with E-state index in [0.717, 1.165) is 37.7 Å². The summed E-state index contributed by atoms with van der Waals surface area (Å²) in [5, 5.41) is 7.53. The zero-order valence-corrected chi connectivity index (χ0v) is 16.6. The number of rotatable bonds is 3. The number of aromatic nitrogens is 1. The molecule has 1 aromatic heterocycles. The Morgan fingerprint density at radius 2 is 1.37 bits per heavy atom. The van der Waals surface area contributed by atoms with Crippen molar-refractivity contribution in [1.82, 2.24) is 4.98 Å². The Morgan fingerprint density at radius 3 is 2.00 bits per heavy atom. The minimum Gasteiger partial charge on any atom is -0.252 e. The normalized spacial score (nSPS) is 11.8. The fourth-order valence-electron chi connectivity index (χ4n) is 3.30. The average molecular weight is 432 g/mol. The van der Waals surface area contributed by atoms with Crippen LogP contribution in [0.15, 0.2) is 87.8 Å². The molecule has 0 saturated carbocycles. The van der Waals surface area contributed by atoms with Crippen molar-refractivity contribution in [3.63, 3.8) is 0 Å². The SMILES string of the molecule is Brc1ccc(-c2csc(NN=C3c4ccccc4-c4ccccc43)n2)cc1. The van der Waals surface area contributed by atoms with Gasteiger partial charge in [-0.1, -0.05) is 76.6 Å². The van der Waals surface area contributed by atoms with Crippen LogP contribution < -0.4 is 5.43 Å². The monoisotopic (exact) mass is 431 g/mol. The van der Waals surface area contributed by atoms with Gasteiger partial charge >= 0.3 is 0 Å². The summed E-state index contributed by atoms with van der Waals surface area (Å²) in [6.45, 7) is 0. The Hall–Kier alpha value is -2.76. The number of nitrogens with one attached hydrogen (secondary N) is 1. The molecule has 1 N–H and O–H groups in total. The lowest BCUT2D eigenvalue weighted by molar-refractivity contribution is 1.28. The maximum absolute atomic E-state index is 4.70. The van der Waals surface area contributed by atoms with Crippen LogP contribution in [0.2, 0.25) is 0 Å². The maximum Gasteiger partial charge on any atom is 0.203 e. The zero-order chi connectivity index (χ0) is 18.2. The molecule has 0 fully saturated rings. The minimum absolute atomic E-state index is 0.780. The topological polar surface area (TPSA) is 37.3 Å². The summed E-state index contributed by atoms with van der Waals surface area (Å²) in [6.07, 6.45) is 0. The molecule has 0 aliphatic heterocycles. The highest BCUT2D eigenvalue weighted by molar-refractivity contribution is 9.10. The van der Waals surface area contributed by atoms with Crippen molar-refractivity contribution in [2.24, 2.45) is 5.10 Å². The Bertz CT molecular complexity index is 1110. The lowest BCUT2D eigenvalue weighted by Gasteiger charge is -2.02. The summed E-state index contributed by atoms with van der Waals surface area (Å²) in [5.74, 6) is 0. The summed E-state index contributed by atoms with van der Waals surface area (Å²) in [6, 6.07) is 24.9. The first-order valence-electron chi connectivity index (χ1n) is 8.54. The third kappa shape index (κ3) is 2.99. The van der Waals surface area contributed by atoms with Crippen LogP contribution in [0.1, 0.15) is 11.1 Å². The zero-order valence-electron chi connectivity index (χ0n) is 14.2. The molecule has 0 atom stereocenters. The Morgan fingerprint density at radius 1 is 0.778 bits per heavy atom. The van der Waals surface area contributed by atoms with E-state index in [9.17, 15) is 0 Å². The first-order chi connectivity index (χ1) is 13.3. The second kappa shape index (κ2) is 6.76. The number of halogens is 1. The summed E-state index contributed by atoms with van der Waals surface area (Å²) in [5.41, 5.74) is 10.9. The van der Waals surface area contributed by atoms with Crippen LogP contribution in [0.3, 0.4) is 0 Å². The Labute approximate surface area is 169 Å². The highest BCUT2D eigenvalue weighted by atomic mass is 79.9. The molecule has 0 amide bonds. The van der Waals surface area contributed by atoms with Crippen LogP contribution in [0.4, 0.5) is 5.13 Å². The Balaban J connectivity index is 1.47. The Kier molecular flexibility index (Phi) is 4.11. The minimum atomic E-state index is 0.780. The number of fused-ring (bicyclic) bond motifs is 3. The van der Waals surface area contributed by atoms with Crippen molar-refractivity contribution in [2.45, 2.75) is 0 Å². The van der Waals surface area contributed by atoms with Gasteiger partial charge in [-0.2, -0.15) is 5.10 Å². The third-order valence-corrected chi connectivity index (χ3v) is 5.84. The summed E-state index contributed by atoms with van der Waals surface area (Å²) >= 11 is 5.02. The molecule has 27 heavy (non-hydrogen) atoms. The molecule has 0 unspecified atom stereocenters. The van der Waals surface area contributed by atoms with Gasteiger partial charge in [0.25, 0.3) is 0 Å². The quantitative estimate of drug-likeness (QED) is 0.334. The van der Waals surface area contributed by atoms with Crippen LogP contribution >= 0.6 is 27.3 Å². The molecule has 1 heterocycles. The van der Waals surface area contributed by atoms with E-state index in [4.69, 9.17) is 5.10 Å². The molecule has 0 radical (unpaired) electrons. The van der Waals surface area contributed by atoms with Crippen molar-refractivity contribution in [2.75, 3.05) is 5.43 Å². The van der Waals surface area contributed by atoms with Crippen LogP contribution in [-0.4, -0.2) is 10.7 Å². The number of nitrogens with zero attached hydrogens (tertiary/aromatic N) is 2. The molecular formula is C22H14BrN3S. The smallest absolute Gasteiger partial charge is 0.203 e. The van der Waals surface area contributed by atoms with Crippen molar-refractivity contribution in [3.8, 4) is 22.4 Å². The van der Waals surface area contributed by atoms with Crippen LogP contribution in [-0.2, 0) is 0 Å². The van der Waals surface area contributed by atoms with Gasteiger partial charge in [0.2, 0.25) is 5.13 Å². The van der Waals surface area contributed by atoms with Gasteiger partial charge in [-0.15, -0.1) is 11.3 Å². The summed E-state index contributed by atoms with van der Waals surface area (Å²) in [4.78, 5) is 4.67. The van der Waals surface area contributed by atoms with Crippen molar-refractivity contribution in [3.05, 3.63) is 93.8 Å². The fraction of sp³-hybridized carbons (Fsp3) is 0. The van der Waals surface area contributed by atoms with Gasteiger partial charge in [0.05, 0.1) is 11.4 Å². The largest absolute Gasteiger partial charge is 0.252 e. The molecule has 5 heteroatoms. The van der Waals surface area contributed by atoms with Crippen LogP contribution in [0.25, 0.3) is 22.4 Å². The predicted octanol–water partition coefficient (Wildman–Crippen LogP) is 6.42. The third-order valence-electron chi connectivity index (χ3n) is 4.56. The van der Waals surface area contributed by atoms with Crippen molar-refractivity contribution < 1.29 is 0 Å².